The predicted octanol–water partition coefficient (Wildman–Crippen LogP) is 5.92. The predicted molar refractivity (Wildman–Crippen MR) is 213 cm³/mol. The standard InChI is InChI=1S/C42H55F2N5O9S/c1-7-26(4)48(38(53)54)32-25(3)21-24(2)13-8-9-14-27-22-41(27,37(52)47-59(55,56)39(5)18-19-39)46-33(50)31-23-40(6,42(43,44)49(31)36(32)51)58-35-30-16-11-10-15-28(30)29-17-12-20-57-34(29)45-35/h9-11,14-16,24-27,31-32H,7-8,12-13,17-23H2,1-6H3,(H,46,50)(H,47,52)(H,53,54)/b14-9-/t24-,25+,26?,27+,31-,32-,40+,41+/m0/s1. The van der Waals surface area contributed by atoms with Gasteiger partial charge in [-0.1, -0.05) is 51.1 Å². The number of fused-ring (bicyclic) bond motifs is 5. The van der Waals surface area contributed by atoms with Crippen molar-refractivity contribution in [3.05, 3.63) is 42.0 Å². The fourth-order valence-corrected chi connectivity index (χ4v) is 10.4. The number of ether oxygens (including phenoxy) is 2. The molecule has 7 rings (SSSR count). The Morgan fingerprint density at radius 2 is 1.85 bits per heavy atom. The van der Waals surface area contributed by atoms with Crippen LogP contribution in [0.3, 0.4) is 0 Å². The van der Waals surface area contributed by atoms with Gasteiger partial charge in [0.2, 0.25) is 27.7 Å². The van der Waals surface area contributed by atoms with E-state index in [1.807, 2.05) is 19.1 Å². The summed E-state index contributed by atoms with van der Waals surface area (Å²) in [6.45, 7) is 9.85. The van der Waals surface area contributed by atoms with Crippen LogP contribution >= 0.6 is 0 Å². The van der Waals surface area contributed by atoms with E-state index in [0.717, 1.165) is 23.8 Å². The van der Waals surface area contributed by atoms with E-state index in [0.29, 0.717) is 55.9 Å². The lowest BCUT2D eigenvalue weighted by Crippen LogP contribution is -2.64. The van der Waals surface area contributed by atoms with Crippen molar-refractivity contribution in [2.45, 2.75) is 146 Å². The molecular formula is C42H55F2N5O9S. The molecule has 5 aliphatic rings. The molecule has 59 heavy (non-hydrogen) atoms. The number of benzene rings is 1. The smallest absolute Gasteiger partial charge is 0.408 e. The number of hydrogen-bond donors (Lipinski definition) is 3. The van der Waals surface area contributed by atoms with Crippen LogP contribution in [0.1, 0.15) is 105 Å². The number of aromatic nitrogens is 1. The first kappa shape index (κ1) is 42.6. The monoisotopic (exact) mass is 843 g/mol. The molecule has 3 aliphatic heterocycles. The summed E-state index contributed by atoms with van der Waals surface area (Å²) in [5.74, 6) is -4.95. The summed E-state index contributed by atoms with van der Waals surface area (Å²) in [5.41, 5.74) is -3.67. The van der Waals surface area contributed by atoms with Gasteiger partial charge in [-0.05, 0) is 102 Å². The van der Waals surface area contributed by atoms with Crippen molar-refractivity contribution in [2.75, 3.05) is 6.61 Å². The van der Waals surface area contributed by atoms with Crippen LogP contribution in [0.25, 0.3) is 10.8 Å². The number of aryl methyl sites for hydroxylation is 1. The van der Waals surface area contributed by atoms with E-state index in [2.05, 4.69) is 15.0 Å². The lowest BCUT2D eigenvalue weighted by atomic mass is 9.86. The van der Waals surface area contributed by atoms with E-state index in [4.69, 9.17) is 9.47 Å². The first-order chi connectivity index (χ1) is 27.7. The highest BCUT2D eigenvalue weighted by molar-refractivity contribution is 7.91. The maximum absolute atomic E-state index is 17.8. The van der Waals surface area contributed by atoms with Crippen molar-refractivity contribution < 1.29 is 51.0 Å². The van der Waals surface area contributed by atoms with E-state index in [1.54, 1.807) is 45.0 Å². The van der Waals surface area contributed by atoms with Crippen LogP contribution in [0.2, 0.25) is 0 Å². The van der Waals surface area contributed by atoms with Crippen molar-refractivity contribution in [1.29, 1.82) is 0 Å². The number of carbonyl (C=O) groups excluding carboxylic acids is 3. The number of allylic oxidation sites excluding steroid dienone is 1. The molecule has 8 atom stereocenters. The summed E-state index contributed by atoms with van der Waals surface area (Å²) in [5, 5.41) is 14.3. The lowest BCUT2D eigenvalue weighted by molar-refractivity contribution is -0.219. The molecule has 0 radical (unpaired) electrons. The van der Waals surface area contributed by atoms with Crippen LogP contribution in [0, 0.1) is 17.8 Å². The minimum atomic E-state index is -4.27. The number of nitrogens with one attached hydrogen (secondary N) is 2. The minimum absolute atomic E-state index is 0.0147. The zero-order valence-corrected chi connectivity index (χ0v) is 35.2. The van der Waals surface area contributed by atoms with Gasteiger partial charge in [0, 0.05) is 29.3 Å². The number of carbonyl (C=O) groups is 4. The van der Waals surface area contributed by atoms with Crippen molar-refractivity contribution in [2.24, 2.45) is 17.8 Å². The minimum Gasteiger partial charge on any atom is -0.477 e. The molecule has 1 unspecified atom stereocenters. The molecule has 3 N–H and O–H groups in total. The number of hydrogen-bond acceptors (Lipinski definition) is 9. The van der Waals surface area contributed by atoms with E-state index >= 15 is 13.6 Å². The molecule has 0 bridgehead atoms. The van der Waals surface area contributed by atoms with Crippen molar-refractivity contribution in [3.63, 3.8) is 0 Å². The van der Waals surface area contributed by atoms with Crippen LogP contribution < -0.4 is 19.5 Å². The van der Waals surface area contributed by atoms with Crippen LogP contribution in [0.4, 0.5) is 13.6 Å². The van der Waals surface area contributed by atoms with E-state index < -0.39 is 92.2 Å². The van der Waals surface area contributed by atoms with E-state index in [1.165, 1.54) is 6.92 Å². The Morgan fingerprint density at radius 3 is 2.51 bits per heavy atom. The molecule has 2 saturated carbocycles. The third-order valence-electron chi connectivity index (χ3n) is 13.4. The summed E-state index contributed by atoms with van der Waals surface area (Å²) in [7, 11) is -4.16. The van der Waals surface area contributed by atoms with Crippen LogP contribution in [-0.2, 0) is 30.8 Å². The highest BCUT2D eigenvalue weighted by Gasteiger charge is 2.71. The molecule has 14 nitrogen and oxygen atoms in total. The number of rotatable bonds is 8. The van der Waals surface area contributed by atoms with Gasteiger partial charge in [-0.15, -0.1) is 0 Å². The maximum Gasteiger partial charge on any atom is 0.408 e. The number of pyridine rings is 1. The second kappa shape index (κ2) is 15.2. The summed E-state index contributed by atoms with van der Waals surface area (Å²) in [4.78, 5) is 62.5. The topological polar surface area (TPSA) is 185 Å². The normalized spacial score (nSPS) is 32.4. The van der Waals surface area contributed by atoms with Gasteiger partial charge >= 0.3 is 12.1 Å². The first-order valence-electron chi connectivity index (χ1n) is 20.7. The number of amides is 4. The van der Waals surface area contributed by atoms with Crippen molar-refractivity contribution in [3.8, 4) is 11.8 Å². The van der Waals surface area contributed by atoms with Gasteiger partial charge in [0.25, 0.3) is 11.8 Å². The number of alkyl halides is 2. The van der Waals surface area contributed by atoms with Gasteiger partial charge in [-0.25, -0.2) is 13.2 Å². The van der Waals surface area contributed by atoms with Gasteiger partial charge in [0.15, 0.2) is 5.60 Å². The third-order valence-corrected chi connectivity index (χ3v) is 15.6. The molecule has 1 saturated heterocycles. The average molecular weight is 844 g/mol. The number of nitrogens with zero attached hydrogens (tertiary/aromatic N) is 3. The SMILES string of the molecule is CCC(C)N(C(=O)O)[C@@H]1C(=O)N2[C@@H](C[C@@](C)(Oc3nc4c(c5ccccc35)CCCO4)C2(F)F)C(=O)N[C@]2(C(=O)NS(=O)(=O)C3(C)CC3)C[C@H]2/C=C\CC[C@H](C)C[C@H]1C. The van der Waals surface area contributed by atoms with Gasteiger partial charge < -0.3 is 19.9 Å². The molecule has 4 amide bonds. The Bertz CT molecular complexity index is 2180. The third kappa shape index (κ3) is 7.38. The van der Waals surface area contributed by atoms with Crippen molar-refractivity contribution in [1.82, 2.24) is 24.8 Å². The molecule has 3 fully saturated rings. The van der Waals surface area contributed by atoms with Crippen LogP contribution in [-0.4, -0.2) is 98.8 Å². The average Bonchev–Trinajstić information content (AvgIpc) is 4.09. The second-order valence-corrected chi connectivity index (χ2v) is 20.1. The molecule has 0 spiro atoms. The molecule has 1 aromatic carbocycles. The molecule has 2 aliphatic carbocycles. The Hall–Kier alpha value is -4.54. The summed E-state index contributed by atoms with van der Waals surface area (Å²) < 4.78 is 75.2. The Labute approximate surface area is 343 Å². The Morgan fingerprint density at radius 1 is 1.15 bits per heavy atom. The van der Waals surface area contributed by atoms with Crippen molar-refractivity contribution >= 4 is 44.6 Å². The van der Waals surface area contributed by atoms with E-state index in [9.17, 15) is 27.9 Å². The fourth-order valence-electron chi connectivity index (χ4n) is 9.12. The Balaban J connectivity index is 1.35. The molecule has 1 aromatic heterocycles. The first-order valence-corrected chi connectivity index (χ1v) is 22.2. The van der Waals surface area contributed by atoms with Gasteiger partial charge in [-0.3, -0.25) is 28.9 Å². The number of carboxylic acid groups (broad SMARTS) is 1. The zero-order valence-electron chi connectivity index (χ0n) is 34.4. The molecule has 17 heteroatoms. The largest absolute Gasteiger partial charge is 0.477 e. The molecule has 4 heterocycles. The second-order valence-electron chi connectivity index (χ2n) is 17.9. The zero-order chi connectivity index (χ0) is 42.9. The van der Waals surface area contributed by atoms with E-state index in [-0.39, 0.29) is 35.4 Å². The summed E-state index contributed by atoms with van der Waals surface area (Å²) in [6, 6.07) is -1.69. The summed E-state index contributed by atoms with van der Waals surface area (Å²) >= 11 is 0. The highest BCUT2D eigenvalue weighted by Crippen LogP contribution is 2.52. The van der Waals surface area contributed by atoms with Crippen LogP contribution in [0.5, 0.6) is 11.8 Å². The quantitative estimate of drug-likeness (QED) is 0.213. The molecule has 2 aromatic rings. The lowest BCUT2D eigenvalue weighted by Gasteiger charge is -2.42. The Kier molecular flexibility index (Phi) is 11.0. The van der Waals surface area contributed by atoms with Gasteiger partial charge in [0.1, 0.15) is 17.6 Å². The highest BCUT2D eigenvalue weighted by atomic mass is 32.2. The summed E-state index contributed by atoms with van der Waals surface area (Å²) in [6.07, 6.45) is 5.01. The fraction of sp³-hybridized carbons (Fsp3) is 0.643. The number of sulfonamides is 1. The molecular weight excluding hydrogens is 789 g/mol. The van der Waals surface area contributed by atoms with Gasteiger partial charge in [0.05, 0.1) is 11.4 Å². The maximum atomic E-state index is 17.8. The van der Waals surface area contributed by atoms with Gasteiger partial charge in [-0.2, -0.15) is 13.8 Å². The number of halogens is 2. The van der Waals surface area contributed by atoms with Crippen LogP contribution in [0.15, 0.2) is 36.4 Å². The molecule has 322 valence electrons.